The van der Waals surface area contributed by atoms with Gasteiger partial charge in [0.15, 0.2) is 6.61 Å². The molecule has 0 atom stereocenters. The van der Waals surface area contributed by atoms with E-state index in [1.807, 2.05) is 0 Å². The zero-order chi connectivity index (χ0) is 15.3. The standard InChI is InChI=1S/C12H9F3N4O2/c13-12(14,15)7-21-10-6-17-9(5-18-10)11(20)19-8-1-3-16-4-2-8/h1-6H,7H2,(H,16,19,20). The largest absolute Gasteiger partial charge is 0.467 e. The summed E-state index contributed by atoms with van der Waals surface area (Å²) in [6.07, 6.45) is 0.513. The maximum Gasteiger partial charge on any atom is 0.422 e. The molecule has 0 bridgehead atoms. The minimum atomic E-state index is -4.46. The van der Waals surface area contributed by atoms with Crippen LogP contribution in [-0.2, 0) is 0 Å². The zero-order valence-electron chi connectivity index (χ0n) is 10.5. The third-order valence-corrected chi connectivity index (χ3v) is 2.18. The highest BCUT2D eigenvalue weighted by atomic mass is 19.4. The van der Waals surface area contributed by atoms with E-state index in [1.165, 1.54) is 12.4 Å². The number of nitrogens with one attached hydrogen (secondary N) is 1. The Morgan fingerprint density at radius 2 is 1.90 bits per heavy atom. The number of carbonyl (C=O) groups excluding carboxylic acids is 1. The first-order valence-corrected chi connectivity index (χ1v) is 5.67. The summed E-state index contributed by atoms with van der Waals surface area (Å²) in [4.78, 5) is 22.9. The topological polar surface area (TPSA) is 77.0 Å². The maximum atomic E-state index is 11.9. The monoisotopic (exact) mass is 298 g/mol. The number of carbonyl (C=O) groups is 1. The van der Waals surface area contributed by atoms with Crippen molar-refractivity contribution >= 4 is 11.6 Å². The predicted octanol–water partition coefficient (Wildman–Crippen LogP) is 2.06. The van der Waals surface area contributed by atoms with Crippen molar-refractivity contribution < 1.29 is 22.7 Å². The Morgan fingerprint density at radius 3 is 2.48 bits per heavy atom. The molecule has 1 amide bonds. The minimum absolute atomic E-state index is 0.0498. The molecule has 0 aliphatic rings. The van der Waals surface area contributed by atoms with Crippen LogP contribution in [0.15, 0.2) is 36.9 Å². The van der Waals surface area contributed by atoms with Crippen molar-refractivity contribution in [1.29, 1.82) is 0 Å². The summed E-state index contributed by atoms with van der Waals surface area (Å²) >= 11 is 0. The van der Waals surface area contributed by atoms with Crippen molar-refractivity contribution in [2.24, 2.45) is 0 Å². The Labute approximate surface area is 117 Å². The number of anilines is 1. The molecule has 0 unspecified atom stereocenters. The molecule has 6 nitrogen and oxygen atoms in total. The first kappa shape index (κ1) is 14.7. The van der Waals surface area contributed by atoms with E-state index in [0.717, 1.165) is 12.4 Å². The molecule has 2 heterocycles. The van der Waals surface area contributed by atoms with Gasteiger partial charge in [0.05, 0.1) is 12.4 Å². The summed E-state index contributed by atoms with van der Waals surface area (Å²) < 4.78 is 40.2. The van der Waals surface area contributed by atoms with Crippen LogP contribution < -0.4 is 10.1 Å². The molecular weight excluding hydrogens is 289 g/mol. The van der Waals surface area contributed by atoms with Crippen LogP contribution in [0.2, 0.25) is 0 Å². The molecule has 0 saturated carbocycles. The first-order chi connectivity index (χ1) is 9.94. The molecule has 0 fully saturated rings. The average molecular weight is 298 g/mol. The number of hydrogen-bond acceptors (Lipinski definition) is 5. The van der Waals surface area contributed by atoms with Gasteiger partial charge < -0.3 is 10.1 Å². The molecule has 2 aromatic rings. The molecule has 0 aliphatic heterocycles. The summed E-state index contributed by atoms with van der Waals surface area (Å²) in [7, 11) is 0. The molecule has 0 spiro atoms. The minimum Gasteiger partial charge on any atom is -0.467 e. The van der Waals surface area contributed by atoms with Crippen LogP contribution in [0, 0.1) is 0 Å². The summed E-state index contributed by atoms with van der Waals surface area (Å²) in [5.41, 5.74) is 0.459. The normalized spacial score (nSPS) is 11.0. The smallest absolute Gasteiger partial charge is 0.422 e. The second kappa shape index (κ2) is 6.16. The van der Waals surface area contributed by atoms with E-state index in [1.54, 1.807) is 12.1 Å². The van der Waals surface area contributed by atoms with E-state index in [4.69, 9.17) is 0 Å². The quantitative estimate of drug-likeness (QED) is 0.935. The van der Waals surface area contributed by atoms with Crippen LogP contribution in [0.3, 0.4) is 0 Å². The van der Waals surface area contributed by atoms with Gasteiger partial charge in [0.2, 0.25) is 5.88 Å². The van der Waals surface area contributed by atoms with Crippen LogP contribution >= 0.6 is 0 Å². The van der Waals surface area contributed by atoms with Crippen molar-refractivity contribution in [3.05, 3.63) is 42.6 Å². The number of rotatable bonds is 4. The molecule has 0 aliphatic carbocycles. The van der Waals surface area contributed by atoms with Crippen LogP contribution in [0.5, 0.6) is 5.88 Å². The number of ether oxygens (including phenoxy) is 1. The second-order valence-electron chi connectivity index (χ2n) is 3.83. The highest BCUT2D eigenvalue weighted by molar-refractivity contribution is 6.02. The maximum absolute atomic E-state index is 11.9. The molecule has 110 valence electrons. The van der Waals surface area contributed by atoms with Crippen LogP contribution in [0.25, 0.3) is 0 Å². The van der Waals surface area contributed by atoms with Crippen molar-refractivity contribution in [1.82, 2.24) is 15.0 Å². The van der Waals surface area contributed by atoms with Gasteiger partial charge in [-0.1, -0.05) is 0 Å². The molecular formula is C12H9F3N4O2. The van der Waals surface area contributed by atoms with Gasteiger partial charge in [0.1, 0.15) is 5.69 Å². The number of alkyl halides is 3. The predicted molar refractivity (Wildman–Crippen MR) is 65.8 cm³/mol. The average Bonchev–Trinajstić information content (AvgIpc) is 2.46. The molecule has 2 rings (SSSR count). The van der Waals surface area contributed by atoms with Gasteiger partial charge in [0, 0.05) is 18.1 Å². The van der Waals surface area contributed by atoms with E-state index in [9.17, 15) is 18.0 Å². The highest BCUT2D eigenvalue weighted by Gasteiger charge is 2.28. The van der Waals surface area contributed by atoms with Gasteiger partial charge in [0.25, 0.3) is 5.91 Å². The van der Waals surface area contributed by atoms with Crippen molar-refractivity contribution in [3.63, 3.8) is 0 Å². The fraction of sp³-hybridized carbons (Fsp3) is 0.167. The van der Waals surface area contributed by atoms with E-state index < -0.39 is 18.7 Å². The lowest BCUT2D eigenvalue weighted by atomic mass is 10.3. The van der Waals surface area contributed by atoms with Crippen molar-refractivity contribution in [3.8, 4) is 5.88 Å². The summed E-state index contributed by atoms with van der Waals surface area (Å²) in [6.45, 7) is -1.47. The lowest BCUT2D eigenvalue weighted by molar-refractivity contribution is -0.154. The number of hydrogen-bond donors (Lipinski definition) is 1. The van der Waals surface area contributed by atoms with Crippen molar-refractivity contribution in [2.45, 2.75) is 6.18 Å². The van der Waals surface area contributed by atoms with Crippen molar-refractivity contribution in [2.75, 3.05) is 11.9 Å². The van der Waals surface area contributed by atoms with E-state index >= 15 is 0 Å². The van der Waals surface area contributed by atoms with E-state index in [-0.39, 0.29) is 11.6 Å². The van der Waals surface area contributed by atoms with Gasteiger partial charge in [-0.15, -0.1) is 0 Å². The SMILES string of the molecule is O=C(Nc1ccncc1)c1cnc(OCC(F)(F)F)cn1. The lowest BCUT2D eigenvalue weighted by Crippen LogP contribution is -2.20. The summed E-state index contributed by atoms with van der Waals surface area (Å²) in [5.74, 6) is -0.858. The second-order valence-corrected chi connectivity index (χ2v) is 3.83. The third kappa shape index (κ3) is 4.71. The van der Waals surface area contributed by atoms with Gasteiger partial charge >= 0.3 is 6.18 Å². The number of nitrogens with zero attached hydrogens (tertiary/aromatic N) is 3. The number of amides is 1. The number of aromatic nitrogens is 3. The molecule has 9 heteroatoms. The van der Waals surface area contributed by atoms with E-state index in [0.29, 0.717) is 5.69 Å². The van der Waals surface area contributed by atoms with Gasteiger partial charge in [-0.25, -0.2) is 9.97 Å². The van der Waals surface area contributed by atoms with Gasteiger partial charge in [-0.2, -0.15) is 13.2 Å². The van der Waals surface area contributed by atoms with Crippen LogP contribution in [0.4, 0.5) is 18.9 Å². The molecule has 0 saturated heterocycles. The van der Waals surface area contributed by atoms with Crippen LogP contribution in [-0.4, -0.2) is 33.6 Å². The number of pyridine rings is 1. The first-order valence-electron chi connectivity index (χ1n) is 5.67. The fourth-order valence-electron chi connectivity index (χ4n) is 1.29. The zero-order valence-corrected chi connectivity index (χ0v) is 10.5. The Balaban J connectivity index is 1.97. The molecule has 21 heavy (non-hydrogen) atoms. The molecule has 1 N–H and O–H groups in total. The summed E-state index contributed by atoms with van der Waals surface area (Å²) in [5, 5.41) is 2.53. The van der Waals surface area contributed by atoms with Gasteiger partial charge in [-0.05, 0) is 12.1 Å². The van der Waals surface area contributed by atoms with E-state index in [2.05, 4.69) is 25.0 Å². The molecule has 0 radical (unpaired) electrons. The highest BCUT2D eigenvalue weighted by Crippen LogP contribution is 2.16. The third-order valence-electron chi connectivity index (χ3n) is 2.18. The number of halogens is 3. The fourth-order valence-corrected chi connectivity index (χ4v) is 1.29. The Kier molecular flexibility index (Phi) is 4.31. The summed E-state index contributed by atoms with van der Waals surface area (Å²) in [6, 6.07) is 3.15. The lowest BCUT2D eigenvalue weighted by Gasteiger charge is -2.08. The Hall–Kier alpha value is -2.71. The van der Waals surface area contributed by atoms with Gasteiger partial charge in [-0.3, -0.25) is 9.78 Å². The van der Waals surface area contributed by atoms with Crippen LogP contribution in [0.1, 0.15) is 10.5 Å². The molecule has 0 aromatic carbocycles. The Bertz CT molecular complexity index is 602. The Morgan fingerprint density at radius 1 is 1.19 bits per heavy atom. The molecule has 2 aromatic heterocycles.